The molecule has 0 amide bonds. The predicted molar refractivity (Wildman–Crippen MR) is 134 cm³/mol. The number of unbranched alkanes of at least 4 members (excludes halogenated alkanes) is 2. The highest BCUT2D eigenvalue weighted by Crippen LogP contribution is 2.46. The molecule has 3 aliphatic rings. The normalized spacial score (nSPS) is 32.2. The van der Waals surface area contributed by atoms with E-state index in [9.17, 15) is 0 Å². The highest BCUT2D eigenvalue weighted by Gasteiger charge is 2.32. The summed E-state index contributed by atoms with van der Waals surface area (Å²) in [4.78, 5) is 0. The Labute approximate surface area is 190 Å². The largest absolute Gasteiger partial charge is 0.0654 e. The molecule has 0 bridgehead atoms. The Kier molecular flexibility index (Phi) is 11.1. The molecule has 0 spiro atoms. The minimum absolute atomic E-state index is 0.765. The molecule has 0 atom stereocenters. The molecule has 0 radical (unpaired) electrons. The summed E-state index contributed by atoms with van der Waals surface area (Å²) in [7, 11) is 0. The second kappa shape index (κ2) is 13.5. The third-order valence-electron chi connectivity index (χ3n) is 9.92. The van der Waals surface area contributed by atoms with Crippen LogP contribution in [0.2, 0.25) is 0 Å². The molecule has 0 aromatic carbocycles. The van der Waals surface area contributed by atoms with Crippen molar-refractivity contribution in [2.45, 2.75) is 162 Å². The van der Waals surface area contributed by atoms with Crippen LogP contribution in [0, 0.1) is 29.1 Å². The Balaban J connectivity index is 1.30. The fraction of sp³-hybridized carbons (Fsp3) is 1.00. The van der Waals surface area contributed by atoms with E-state index in [1.54, 1.807) is 96.3 Å². The van der Waals surface area contributed by atoms with Gasteiger partial charge in [0.15, 0.2) is 0 Å². The third-order valence-corrected chi connectivity index (χ3v) is 9.92. The third kappa shape index (κ3) is 8.16. The summed E-state index contributed by atoms with van der Waals surface area (Å²) in [6.07, 6.45) is 35.3. The van der Waals surface area contributed by atoms with Gasteiger partial charge >= 0.3 is 0 Å². The lowest BCUT2D eigenvalue weighted by molar-refractivity contribution is 0.127. The first kappa shape index (κ1) is 24.6. The van der Waals surface area contributed by atoms with E-state index in [1.165, 1.54) is 51.4 Å². The fourth-order valence-electron chi connectivity index (χ4n) is 7.68. The zero-order chi connectivity index (χ0) is 21.1. The molecule has 0 nitrogen and oxygen atoms in total. The maximum atomic E-state index is 2.36. The van der Waals surface area contributed by atoms with Gasteiger partial charge in [-0.1, -0.05) is 129 Å². The van der Waals surface area contributed by atoms with Gasteiger partial charge in [-0.3, -0.25) is 0 Å². The highest BCUT2D eigenvalue weighted by atomic mass is 14.4. The predicted octanol–water partition coefficient (Wildman–Crippen LogP) is 10.5. The smallest absolute Gasteiger partial charge is 0.0297 e. The summed E-state index contributed by atoms with van der Waals surface area (Å²) >= 11 is 0. The fourth-order valence-corrected chi connectivity index (χ4v) is 7.68. The molecule has 30 heavy (non-hydrogen) atoms. The molecular formula is C30H56. The first-order valence-corrected chi connectivity index (χ1v) is 14.7. The van der Waals surface area contributed by atoms with E-state index in [1.807, 2.05) is 0 Å². The van der Waals surface area contributed by atoms with Crippen LogP contribution in [-0.2, 0) is 0 Å². The van der Waals surface area contributed by atoms with E-state index in [-0.39, 0.29) is 0 Å². The van der Waals surface area contributed by atoms with Gasteiger partial charge < -0.3 is 0 Å². The van der Waals surface area contributed by atoms with E-state index < -0.39 is 0 Å². The lowest BCUT2D eigenvalue weighted by Crippen LogP contribution is -2.26. The van der Waals surface area contributed by atoms with Crippen LogP contribution < -0.4 is 0 Å². The lowest BCUT2D eigenvalue weighted by atomic mass is 9.66. The van der Waals surface area contributed by atoms with E-state index >= 15 is 0 Å². The van der Waals surface area contributed by atoms with Crippen LogP contribution >= 0.6 is 0 Å². The minimum atomic E-state index is 0.765. The molecule has 3 rings (SSSR count). The van der Waals surface area contributed by atoms with Crippen molar-refractivity contribution in [1.82, 2.24) is 0 Å². The Morgan fingerprint density at radius 2 is 1.00 bits per heavy atom. The van der Waals surface area contributed by atoms with Gasteiger partial charge in [-0.05, 0) is 61.2 Å². The molecule has 176 valence electrons. The summed E-state index contributed by atoms with van der Waals surface area (Å²) in [5, 5.41) is 0. The summed E-state index contributed by atoms with van der Waals surface area (Å²) in [5.74, 6) is 4.33. The van der Waals surface area contributed by atoms with Crippen molar-refractivity contribution >= 4 is 0 Å². The number of hydrogen-bond acceptors (Lipinski definition) is 0. The van der Waals surface area contributed by atoms with Crippen LogP contribution in [0.5, 0.6) is 0 Å². The molecule has 3 saturated carbocycles. The topological polar surface area (TPSA) is 0 Å². The molecule has 3 aliphatic carbocycles. The van der Waals surface area contributed by atoms with E-state index in [0.29, 0.717) is 0 Å². The van der Waals surface area contributed by atoms with E-state index in [0.717, 1.165) is 29.1 Å². The maximum absolute atomic E-state index is 2.36. The van der Waals surface area contributed by atoms with Crippen LogP contribution in [0.3, 0.4) is 0 Å². The first-order chi connectivity index (χ1) is 14.7. The first-order valence-electron chi connectivity index (χ1n) is 14.7. The van der Waals surface area contributed by atoms with Crippen LogP contribution in [0.15, 0.2) is 0 Å². The molecule has 0 saturated heterocycles. The maximum Gasteiger partial charge on any atom is -0.0297 e. The van der Waals surface area contributed by atoms with E-state index in [4.69, 9.17) is 0 Å². The summed E-state index contributed by atoms with van der Waals surface area (Å²) in [5.41, 5.74) is 0.765. The summed E-state index contributed by atoms with van der Waals surface area (Å²) in [6, 6.07) is 0. The average molecular weight is 417 g/mol. The zero-order valence-electron chi connectivity index (χ0n) is 21.1. The van der Waals surface area contributed by atoms with Crippen molar-refractivity contribution < 1.29 is 0 Å². The zero-order valence-corrected chi connectivity index (χ0v) is 21.1. The second-order valence-corrected chi connectivity index (χ2v) is 12.2. The van der Waals surface area contributed by atoms with Gasteiger partial charge in [0.05, 0.1) is 0 Å². The van der Waals surface area contributed by atoms with Crippen molar-refractivity contribution in [2.75, 3.05) is 0 Å². The lowest BCUT2D eigenvalue weighted by Gasteiger charge is -2.39. The van der Waals surface area contributed by atoms with Crippen molar-refractivity contribution in [3.8, 4) is 0 Å². The van der Waals surface area contributed by atoms with Crippen molar-refractivity contribution in [2.24, 2.45) is 29.1 Å². The van der Waals surface area contributed by atoms with E-state index in [2.05, 4.69) is 13.8 Å². The molecule has 0 N–H and O–H groups in total. The van der Waals surface area contributed by atoms with Gasteiger partial charge in [0.2, 0.25) is 0 Å². The van der Waals surface area contributed by atoms with Crippen LogP contribution in [-0.4, -0.2) is 0 Å². The van der Waals surface area contributed by atoms with Gasteiger partial charge in [-0.15, -0.1) is 0 Å². The molecule has 0 aromatic heterocycles. The van der Waals surface area contributed by atoms with Crippen molar-refractivity contribution in [1.29, 1.82) is 0 Å². The Morgan fingerprint density at radius 1 is 0.500 bits per heavy atom. The van der Waals surface area contributed by atoms with Gasteiger partial charge in [-0.25, -0.2) is 0 Å². The highest BCUT2D eigenvalue weighted by molar-refractivity contribution is 4.85. The molecule has 3 fully saturated rings. The van der Waals surface area contributed by atoms with Gasteiger partial charge in [0, 0.05) is 0 Å². The van der Waals surface area contributed by atoms with Crippen molar-refractivity contribution in [3.05, 3.63) is 0 Å². The van der Waals surface area contributed by atoms with Crippen LogP contribution in [0.4, 0.5) is 0 Å². The molecule has 0 aliphatic heterocycles. The summed E-state index contributed by atoms with van der Waals surface area (Å²) < 4.78 is 0. The second-order valence-electron chi connectivity index (χ2n) is 12.2. The van der Waals surface area contributed by atoms with Crippen molar-refractivity contribution in [3.63, 3.8) is 0 Å². The van der Waals surface area contributed by atoms with Crippen LogP contribution in [0.1, 0.15) is 162 Å². The quantitative estimate of drug-likeness (QED) is 0.277. The number of hydrogen-bond donors (Lipinski definition) is 0. The molecule has 0 heterocycles. The molecule has 0 aromatic rings. The minimum Gasteiger partial charge on any atom is -0.0654 e. The monoisotopic (exact) mass is 416 g/mol. The molecular weight excluding hydrogens is 360 g/mol. The Bertz CT molecular complexity index is 415. The summed E-state index contributed by atoms with van der Waals surface area (Å²) in [6.45, 7) is 4.73. The van der Waals surface area contributed by atoms with Gasteiger partial charge in [0.1, 0.15) is 0 Å². The Morgan fingerprint density at radius 3 is 1.50 bits per heavy atom. The Hall–Kier alpha value is 0. The standard InChI is InChI=1S/C30H56/c1-3-5-7-22-30(23-8-6-9-24-30)25-21-29-19-17-28(18-20-29)16-15-27-13-11-26(10-4-2)12-14-27/h26-29H,3-25H2,1-2H3. The molecule has 0 unspecified atom stereocenters. The van der Waals surface area contributed by atoms with Crippen LogP contribution in [0.25, 0.3) is 0 Å². The van der Waals surface area contributed by atoms with Gasteiger partial charge in [-0.2, -0.15) is 0 Å². The SMILES string of the molecule is CCCCCC1(CCC2CCC(CCC3CCC(CCC)CC3)CC2)CCCCC1. The molecule has 0 heteroatoms. The number of rotatable bonds is 12. The van der Waals surface area contributed by atoms with Gasteiger partial charge in [0.25, 0.3) is 0 Å². The average Bonchev–Trinajstić information content (AvgIpc) is 2.79.